The highest BCUT2D eigenvalue weighted by molar-refractivity contribution is 5.99. The molecule has 0 radical (unpaired) electrons. The van der Waals surface area contributed by atoms with Crippen molar-refractivity contribution in [2.75, 3.05) is 11.5 Å². The minimum atomic E-state index is -0.932. The summed E-state index contributed by atoms with van der Waals surface area (Å²) < 4.78 is 18.3. The molecular weight excluding hydrogens is 387 g/mol. The largest absolute Gasteiger partial charge is 0.454 e. The molecule has 6 nitrogen and oxygen atoms in total. The van der Waals surface area contributed by atoms with Crippen LogP contribution in [0.4, 0.5) is 10.1 Å². The Morgan fingerprint density at radius 2 is 1.80 bits per heavy atom. The van der Waals surface area contributed by atoms with Crippen LogP contribution in [-0.2, 0) is 20.7 Å². The van der Waals surface area contributed by atoms with Crippen LogP contribution in [0.25, 0.3) is 0 Å². The number of fused-ring (bicyclic) bond motifs is 1. The average Bonchev–Trinajstić information content (AvgIpc) is 3.05. The lowest BCUT2D eigenvalue weighted by Crippen LogP contribution is -2.46. The number of hydrogen-bond acceptors (Lipinski definition) is 4. The molecular formula is C23H25FN2O4. The van der Waals surface area contributed by atoms with Crippen molar-refractivity contribution < 1.29 is 23.5 Å². The molecule has 0 aliphatic carbocycles. The van der Waals surface area contributed by atoms with Gasteiger partial charge in [0.05, 0.1) is 0 Å². The van der Waals surface area contributed by atoms with Crippen LogP contribution in [0.1, 0.15) is 36.7 Å². The molecule has 0 saturated heterocycles. The van der Waals surface area contributed by atoms with Gasteiger partial charge in [-0.1, -0.05) is 32.0 Å². The fourth-order valence-corrected chi connectivity index (χ4v) is 3.56. The zero-order valence-electron chi connectivity index (χ0n) is 17.2. The Morgan fingerprint density at radius 1 is 1.13 bits per heavy atom. The smallest absolute Gasteiger partial charge is 0.329 e. The molecule has 1 N–H and O–H groups in total. The number of halogens is 1. The van der Waals surface area contributed by atoms with Gasteiger partial charge in [-0.2, -0.15) is 0 Å². The van der Waals surface area contributed by atoms with Crippen LogP contribution < -0.4 is 10.2 Å². The first-order chi connectivity index (χ1) is 14.3. The van der Waals surface area contributed by atoms with Crippen molar-refractivity contribution in [3.8, 4) is 0 Å². The van der Waals surface area contributed by atoms with E-state index in [4.69, 9.17) is 4.74 Å². The predicted octanol–water partition coefficient (Wildman–Crippen LogP) is 3.10. The molecule has 1 heterocycles. The van der Waals surface area contributed by atoms with Crippen LogP contribution in [-0.4, -0.2) is 36.5 Å². The molecule has 1 aliphatic rings. The van der Waals surface area contributed by atoms with E-state index in [0.717, 1.165) is 17.7 Å². The van der Waals surface area contributed by atoms with Crippen molar-refractivity contribution in [3.05, 3.63) is 65.5 Å². The third kappa shape index (κ3) is 4.67. The molecule has 1 aliphatic heterocycles. The maximum Gasteiger partial charge on any atom is 0.329 e. The Morgan fingerprint density at radius 3 is 2.47 bits per heavy atom. The molecule has 0 spiro atoms. The molecule has 0 bridgehead atoms. The summed E-state index contributed by atoms with van der Waals surface area (Å²) in [7, 11) is 0. The van der Waals surface area contributed by atoms with Crippen LogP contribution in [0.15, 0.2) is 48.5 Å². The van der Waals surface area contributed by atoms with Crippen LogP contribution in [0.2, 0.25) is 0 Å². The van der Waals surface area contributed by atoms with E-state index in [0.29, 0.717) is 0 Å². The quantitative estimate of drug-likeness (QED) is 0.740. The third-order valence-electron chi connectivity index (χ3n) is 5.13. The van der Waals surface area contributed by atoms with E-state index in [2.05, 4.69) is 5.32 Å². The molecule has 7 heteroatoms. The maximum absolute atomic E-state index is 13.1. The second-order valence-corrected chi connectivity index (χ2v) is 7.76. The molecule has 0 unspecified atom stereocenters. The maximum atomic E-state index is 13.1. The Hall–Kier alpha value is -3.22. The standard InChI is InChI=1S/C23H25FN2O4/c1-14(2)21(25-22(28)16-8-10-18(24)11-9-16)23(29)30-13-20(27)26-15(3)12-17-6-4-5-7-19(17)26/h4-11,14-15,21H,12-13H2,1-3H3,(H,25,28)/t15-,21+/m0/s1. The van der Waals surface area contributed by atoms with Crippen molar-refractivity contribution in [1.82, 2.24) is 5.32 Å². The third-order valence-corrected chi connectivity index (χ3v) is 5.13. The number of ether oxygens (including phenoxy) is 1. The van der Waals surface area contributed by atoms with E-state index in [1.807, 2.05) is 31.2 Å². The normalized spacial score (nSPS) is 16.2. The number of hydrogen-bond donors (Lipinski definition) is 1. The fraction of sp³-hybridized carbons (Fsp3) is 0.348. The highest BCUT2D eigenvalue weighted by Gasteiger charge is 2.32. The molecule has 0 fully saturated rings. The van der Waals surface area contributed by atoms with Gasteiger partial charge in [-0.15, -0.1) is 0 Å². The number of anilines is 1. The number of amides is 2. The number of carbonyl (C=O) groups is 3. The van der Waals surface area contributed by atoms with Crippen molar-refractivity contribution in [1.29, 1.82) is 0 Å². The molecule has 2 aromatic rings. The number of nitrogens with one attached hydrogen (secondary N) is 1. The molecule has 2 atom stereocenters. The second kappa shape index (κ2) is 9.07. The van der Waals surface area contributed by atoms with Gasteiger partial charge < -0.3 is 15.0 Å². The highest BCUT2D eigenvalue weighted by atomic mass is 19.1. The monoisotopic (exact) mass is 412 g/mol. The first-order valence-electron chi connectivity index (χ1n) is 9.91. The van der Waals surface area contributed by atoms with Gasteiger partial charge in [-0.25, -0.2) is 9.18 Å². The lowest BCUT2D eigenvalue weighted by molar-refractivity contribution is -0.150. The zero-order valence-corrected chi connectivity index (χ0v) is 17.2. The number of para-hydroxylation sites is 1. The fourth-order valence-electron chi connectivity index (χ4n) is 3.56. The molecule has 158 valence electrons. The van der Waals surface area contributed by atoms with Crippen LogP contribution >= 0.6 is 0 Å². The van der Waals surface area contributed by atoms with Gasteiger partial charge in [0.2, 0.25) is 0 Å². The average molecular weight is 412 g/mol. The van der Waals surface area contributed by atoms with E-state index in [1.54, 1.807) is 18.7 Å². The molecule has 0 saturated carbocycles. The molecule has 2 amide bonds. The molecule has 2 aromatic carbocycles. The van der Waals surface area contributed by atoms with E-state index in [-0.39, 0.29) is 23.4 Å². The topological polar surface area (TPSA) is 75.7 Å². The summed E-state index contributed by atoms with van der Waals surface area (Å²) in [6.07, 6.45) is 0.748. The van der Waals surface area contributed by atoms with Gasteiger partial charge in [-0.3, -0.25) is 9.59 Å². The van der Waals surface area contributed by atoms with E-state index in [1.165, 1.54) is 24.3 Å². The van der Waals surface area contributed by atoms with Crippen molar-refractivity contribution >= 4 is 23.5 Å². The molecule has 30 heavy (non-hydrogen) atoms. The number of rotatable bonds is 6. The molecule has 0 aromatic heterocycles. The van der Waals surface area contributed by atoms with Gasteiger partial charge in [0.15, 0.2) is 6.61 Å². The Bertz CT molecular complexity index is 942. The van der Waals surface area contributed by atoms with Gasteiger partial charge >= 0.3 is 5.97 Å². The Balaban J connectivity index is 1.62. The van der Waals surface area contributed by atoms with Crippen molar-refractivity contribution in [2.24, 2.45) is 5.92 Å². The second-order valence-electron chi connectivity index (χ2n) is 7.76. The summed E-state index contributed by atoms with van der Waals surface area (Å²) in [6, 6.07) is 11.7. The summed E-state index contributed by atoms with van der Waals surface area (Å²) >= 11 is 0. The number of esters is 1. The van der Waals surface area contributed by atoms with Crippen LogP contribution in [0.5, 0.6) is 0 Å². The number of benzene rings is 2. The van der Waals surface area contributed by atoms with Gasteiger partial charge in [-0.05, 0) is 55.2 Å². The van der Waals surface area contributed by atoms with Crippen molar-refractivity contribution in [2.45, 2.75) is 39.3 Å². The lowest BCUT2D eigenvalue weighted by atomic mass is 10.0. The minimum absolute atomic E-state index is 0.0207. The SMILES string of the molecule is CC(C)[C@@H](NC(=O)c1ccc(F)cc1)C(=O)OCC(=O)N1c2ccccc2C[C@@H]1C. The van der Waals surface area contributed by atoms with Crippen LogP contribution in [0.3, 0.4) is 0 Å². The molecule has 3 rings (SSSR count). The summed E-state index contributed by atoms with van der Waals surface area (Å²) in [5, 5.41) is 2.61. The first kappa shape index (κ1) is 21.5. The summed E-state index contributed by atoms with van der Waals surface area (Å²) in [5.41, 5.74) is 2.14. The van der Waals surface area contributed by atoms with E-state index < -0.39 is 30.3 Å². The summed E-state index contributed by atoms with van der Waals surface area (Å²) in [6.45, 7) is 5.06. The Kier molecular flexibility index (Phi) is 6.50. The predicted molar refractivity (Wildman–Crippen MR) is 111 cm³/mol. The van der Waals surface area contributed by atoms with Gasteiger partial charge in [0.25, 0.3) is 11.8 Å². The van der Waals surface area contributed by atoms with Gasteiger partial charge in [0.1, 0.15) is 11.9 Å². The summed E-state index contributed by atoms with van der Waals surface area (Å²) in [4.78, 5) is 39.3. The lowest BCUT2D eigenvalue weighted by Gasteiger charge is -2.24. The summed E-state index contributed by atoms with van der Waals surface area (Å²) in [5.74, 6) is -2.23. The minimum Gasteiger partial charge on any atom is -0.454 e. The Labute approximate surface area is 175 Å². The van der Waals surface area contributed by atoms with Crippen LogP contribution in [0, 0.1) is 11.7 Å². The number of nitrogens with zero attached hydrogens (tertiary/aromatic N) is 1. The zero-order chi connectivity index (χ0) is 21.8. The number of carbonyl (C=O) groups excluding carboxylic acids is 3. The van der Waals surface area contributed by atoms with Gasteiger partial charge in [0, 0.05) is 17.3 Å². The van der Waals surface area contributed by atoms with E-state index in [9.17, 15) is 18.8 Å². The van der Waals surface area contributed by atoms with Crippen molar-refractivity contribution in [3.63, 3.8) is 0 Å². The highest BCUT2D eigenvalue weighted by Crippen LogP contribution is 2.31. The first-order valence-corrected chi connectivity index (χ1v) is 9.91. The van der Waals surface area contributed by atoms with E-state index >= 15 is 0 Å².